The van der Waals surface area contributed by atoms with Crippen molar-refractivity contribution in [2.45, 2.75) is 260 Å². The number of esters is 8. The first-order chi connectivity index (χ1) is 41.7. The largest absolute Gasteiger partial charge is 0.459 e. The Hall–Kier alpha value is -4.86. The van der Waals surface area contributed by atoms with E-state index >= 15 is 0 Å². The van der Waals surface area contributed by atoms with Crippen LogP contribution in [0.5, 0.6) is 0 Å². The van der Waals surface area contributed by atoms with Crippen molar-refractivity contribution in [3.8, 4) is 0 Å². The van der Waals surface area contributed by atoms with Gasteiger partial charge >= 0.3 is 65.5 Å². The zero-order chi connectivity index (χ0) is 64.0. The third-order valence-electron chi connectivity index (χ3n) is 22.4. The highest BCUT2D eigenvalue weighted by atomic mass is 19.3. The third kappa shape index (κ3) is 11.0. The molecule has 0 amide bonds. The molecule has 1 spiro atoms. The highest BCUT2D eigenvalue weighted by Crippen LogP contribution is 2.67. The summed E-state index contributed by atoms with van der Waals surface area (Å²) in [7, 11) is 0. The number of halogens is 6. The average molecular weight is 1280 g/mol. The molecule has 10 saturated carbocycles. The number of ether oxygens (including phenoxy) is 13. The molecule has 0 radical (unpaired) electrons. The van der Waals surface area contributed by atoms with E-state index in [-0.39, 0.29) is 35.5 Å². The van der Waals surface area contributed by atoms with Gasteiger partial charge in [0.2, 0.25) is 0 Å². The number of carbonyl (C=O) groups is 8. The normalized spacial score (nSPS) is 42.5. The molecule has 0 aromatic rings. The summed E-state index contributed by atoms with van der Waals surface area (Å²) in [5.41, 5.74) is -1.98. The van der Waals surface area contributed by atoms with Gasteiger partial charge in [0.15, 0.2) is 36.7 Å². The molecule has 15 aliphatic rings. The highest BCUT2D eigenvalue weighted by molar-refractivity contribution is 5.88. The van der Waals surface area contributed by atoms with Crippen LogP contribution in [0.1, 0.15) is 158 Å². The molecule has 21 nitrogen and oxygen atoms in total. The maximum Gasteiger partial charge on any atom is 0.377 e. The van der Waals surface area contributed by atoms with Crippen LogP contribution in [0.4, 0.5) is 26.3 Å². The molecule has 8 bridgehead atoms. The summed E-state index contributed by atoms with van der Waals surface area (Å²) >= 11 is 0. The van der Waals surface area contributed by atoms with Crippen LogP contribution in [0.25, 0.3) is 0 Å². The van der Waals surface area contributed by atoms with E-state index in [0.717, 1.165) is 64.2 Å². The Kier molecular flexibility index (Phi) is 16.4. The Morgan fingerprint density at radius 3 is 1.55 bits per heavy atom. The predicted octanol–water partition coefficient (Wildman–Crippen LogP) is 7.79. The number of hydrogen-bond donors (Lipinski definition) is 0. The lowest BCUT2D eigenvalue weighted by Crippen LogP contribution is -2.66. The summed E-state index contributed by atoms with van der Waals surface area (Å²) in [4.78, 5) is 98.7. The quantitative estimate of drug-likeness (QED) is 0.0618. The van der Waals surface area contributed by atoms with Gasteiger partial charge in [0.05, 0.1) is 23.7 Å². The standard InChI is InChI=1S/C23H30F2O9.C20H26F2O6.C19H24F2O6/c1-4-28-10(2)29-16-14-15(30-18(16)26)17-19(31-14)33-23(32-17)12-5-11-6-13(23)9-22(7-11,8-12)34-20(27)21(3,24)25;1-9(2)20(6-4-5-7-20)28-17(24)13-11-8-10-12(13)16(23)26-14(10)15(11)27-18(25)19(3,21)22;1-3-19(6-4-5-7-19)27-16(23)12-10-8-9-11(12)15(22)25-13(9)14(10)26-17(24)18(2,20)21/h10-17,19H,4-9H2,1-3H3;9-15H,4-8H2,1-3H3;9-14H,3-8H2,1-2H3. The minimum atomic E-state index is -3.65. The second-order valence-corrected chi connectivity index (χ2v) is 28.2. The van der Waals surface area contributed by atoms with Crippen molar-refractivity contribution >= 4 is 47.8 Å². The Labute approximate surface area is 510 Å². The fourth-order valence-corrected chi connectivity index (χ4v) is 18.5. The maximum absolute atomic E-state index is 13.6. The Balaban J connectivity index is 0.000000131. The van der Waals surface area contributed by atoms with Gasteiger partial charge in [0.1, 0.15) is 47.3 Å². The van der Waals surface area contributed by atoms with E-state index in [0.29, 0.717) is 65.9 Å². The van der Waals surface area contributed by atoms with Crippen LogP contribution in [0.2, 0.25) is 0 Å². The number of rotatable bonds is 16. The molecule has 5 heterocycles. The van der Waals surface area contributed by atoms with Gasteiger partial charge in [-0.1, -0.05) is 20.8 Å². The predicted molar refractivity (Wildman–Crippen MR) is 284 cm³/mol. The van der Waals surface area contributed by atoms with Crippen LogP contribution >= 0.6 is 0 Å². The summed E-state index contributed by atoms with van der Waals surface area (Å²) in [6, 6.07) is 0. The summed E-state index contributed by atoms with van der Waals surface area (Å²) in [5.74, 6) is -23.5. The van der Waals surface area contributed by atoms with Gasteiger partial charge in [-0.05, 0) is 128 Å². The van der Waals surface area contributed by atoms with Crippen molar-refractivity contribution in [3.63, 3.8) is 0 Å². The molecule has 0 aromatic heterocycles. The molecule has 27 heteroatoms. The molecule has 496 valence electrons. The third-order valence-corrected chi connectivity index (χ3v) is 22.4. The van der Waals surface area contributed by atoms with E-state index in [1.165, 1.54) is 0 Å². The number of carbonyl (C=O) groups excluding carboxylic acids is 8. The lowest BCUT2D eigenvalue weighted by molar-refractivity contribution is -0.344. The molecule has 20 unspecified atom stereocenters. The lowest BCUT2D eigenvalue weighted by Gasteiger charge is -2.62. The van der Waals surface area contributed by atoms with E-state index in [9.17, 15) is 64.7 Å². The molecule has 0 aromatic carbocycles. The van der Waals surface area contributed by atoms with Crippen molar-refractivity contribution in [3.05, 3.63) is 0 Å². The van der Waals surface area contributed by atoms with E-state index in [4.69, 9.17) is 61.6 Å². The summed E-state index contributed by atoms with van der Waals surface area (Å²) in [5, 5.41) is 0. The van der Waals surface area contributed by atoms with Crippen LogP contribution in [-0.2, 0) is 99.9 Å². The smallest absolute Gasteiger partial charge is 0.377 e. The zero-order valence-electron chi connectivity index (χ0n) is 51.1. The number of alkyl halides is 6. The minimum absolute atomic E-state index is 0.133. The first-order valence-corrected chi connectivity index (χ1v) is 31.9. The summed E-state index contributed by atoms with van der Waals surface area (Å²) in [6.45, 7) is 11.4. The molecular weight excluding hydrogens is 1190 g/mol. The van der Waals surface area contributed by atoms with Crippen molar-refractivity contribution < 1.29 is 126 Å². The molecule has 5 saturated heterocycles. The number of fused-ring (bicyclic) bond motifs is 5. The molecule has 20 atom stereocenters. The van der Waals surface area contributed by atoms with Crippen LogP contribution in [-0.4, -0.2) is 156 Å². The van der Waals surface area contributed by atoms with Crippen molar-refractivity contribution in [2.75, 3.05) is 6.61 Å². The Morgan fingerprint density at radius 1 is 0.573 bits per heavy atom. The maximum atomic E-state index is 13.6. The molecule has 5 aliphatic heterocycles. The fourth-order valence-electron chi connectivity index (χ4n) is 18.5. The molecular formula is C62H80F6O21. The second kappa shape index (κ2) is 22.7. The molecule has 15 rings (SSSR count). The number of hydrogen-bond acceptors (Lipinski definition) is 21. The molecule has 15 fully saturated rings. The Bertz CT molecular complexity index is 2810. The van der Waals surface area contributed by atoms with Gasteiger partial charge in [-0.2, -0.15) is 26.3 Å². The fraction of sp³-hybridized carbons (Fsp3) is 0.871. The van der Waals surface area contributed by atoms with E-state index in [1.807, 2.05) is 27.7 Å². The SMILES string of the molecule is CC(C)C1(OC(=O)C2C3CC4C(OC(=O)C42)C3OC(=O)C(C)(F)F)CCCC1.CCC1(OC(=O)C2C3CC4C(OC(=O)C42)C3OC(=O)C(C)(F)F)CCCC1.CCOC(C)OC1C(=O)OC2C3OC4(OC3OC12)C1CC2CC4CC(OC(=O)C(C)(F)F)(C2)C1. The Morgan fingerprint density at radius 2 is 1.07 bits per heavy atom. The summed E-state index contributed by atoms with van der Waals surface area (Å²) < 4.78 is 154. The van der Waals surface area contributed by atoms with Crippen molar-refractivity contribution in [2.24, 2.45) is 71.0 Å². The first kappa shape index (κ1) is 64.3. The molecule has 10 aliphatic carbocycles. The minimum Gasteiger partial charge on any atom is -0.459 e. The molecule has 89 heavy (non-hydrogen) atoms. The lowest BCUT2D eigenvalue weighted by atomic mass is 9.51. The van der Waals surface area contributed by atoms with Crippen LogP contribution in [0, 0.1) is 71.0 Å². The van der Waals surface area contributed by atoms with Crippen LogP contribution in [0.15, 0.2) is 0 Å². The van der Waals surface area contributed by atoms with E-state index < -0.39 is 185 Å². The van der Waals surface area contributed by atoms with Crippen molar-refractivity contribution in [1.29, 1.82) is 0 Å². The topological polar surface area (TPSA) is 257 Å². The van der Waals surface area contributed by atoms with Gasteiger partial charge in [0.25, 0.3) is 0 Å². The van der Waals surface area contributed by atoms with Gasteiger partial charge in [-0.25, -0.2) is 19.2 Å². The van der Waals surface area contributed by atoms with Gasteiger partial charge in [0, 0.05) is 62.9 Å². The highest BCUT2D eigenvalue weighted by Gasteiger charge is 2.75. The van der Waals surface area contributed by atoms with Crippen molar-refractivity contribution in [1.82, 2.24) is 0 Å². The van der Waals surface area contributed by atoms with E-state index in [1.54, 1.807) is 6.92 Å². The monoisotopic (exact) mass is 1270 g/mol. The van der Waals surface area contributed by atoms with Gasteiger partial charge in [-0.3, -0.25) is 19.2 Å². The van der Waals surface area contributed by atoms with Gasteiger partial charge in [-0.15, -0.1) is 0 Å². The van der Waals surface area contributed by atoms with E-state index in [2.05, 4.69) is 0 Å². The molecule has 0 N–H and O–H groups in total. The zero-order valence-corrected chi connectivity index (χ0v) is 51.1. The first-order valence-electron chi connectivity index (χ1n) is 31.9. The average Bonchev–Trinajstić information content (AvgIpc) is 1.69. The van der Waals surface area contributed by atoms with Crippen LogP contribution in [0.3, 0.4) is 0 Å². The van der Waals surface area contributed by atoms with Gasteiger partial charge < -0.3 is 61.6 Å². The summed E-state index contributed by atoms with van der Waals surface area (Å²) in [6.07, 6.45) is 3.82. The van der Waals surface area contributed by atoms with Crippen LogP contribution < -0.4 is 0 Å². The second-order valence-electron chi connectivity index (χ2n) is 28.2.